The van der Waals surface area contributed by atoms with Crippen LogP contribution in [0.15, 0.2) is 30.3 Å². The van der Waals surface area contributed by atoms with Gasteiger partial charge in [0, 0.05) is 12.6 Å². The number of ether oxygens (including phenoxy) is 1. The van der Waals surface area contributed by atoms with Gasteiger partial charge in [-0.1, -0.05) is 32.0 Å². The molecule has 0 heterocycles. The molecule has 0 aromatic heterocycles. The third-order valence-electron chi connectivity index (χ3n) is 1.67. The highest BCUT2D eigenvalue weighted by atomic mass is 16.5. The lowest BCUT2D eigenvalue weighted by atomic mass is 10.3. The first-order valence-corrected chi connectivity index (χ1v) is 4.70. The van der Waals surface area contributed by atoms with Gasteiger partial charge < -0.3 is 10.1 Å². The minimum atomic E-state index is 0.527. The minimum Gasteiger partial charge on any atom is -0.492 e. The van der Waals surface area contributed by atoms with Crippen molar-refractivity contribution < 1.29 is 4.74 Å². The number of hydrogen-bond acceptors (Lipinski definition) is 2. The van der Waals surface area contributed by atoms with Gasteiger partial charge in [0.15, 0.2) is 0 Å². The average molecular weight is 179 g/mol. The predicted octanol–water partition coefficient (Wildman–Crippen LogP) is 2.06. The summed E-state index contributed by atoms with van der Waals surface area (Å²) in [7, 11) is 0. The van der Waals surface area contributed by atoms with Gasteiger partial charge in [0.05, 0.1) is 0 Å². The molecule has 1 aromatic rings. The monoisotopic (exact) mass is 179 g/mol. The molecule has 1 aromatic carbocycles. The Labute approximate surface area is 79.9 Å². The first-order valence-electron chi connectivity index (χ1n) is 4.70. The van der Waals surface area contributed by atoms with Crippen molar-refractivity contribution in [2.45, 2.75) is 19.9 Å². The lowest BCUT2D eigenvalue weighted by Gasteiger charge is -2.09. The Balaban J connectivity index is 2.13. The number of nitrogens with one attached hydrogen (secondary N) is 1. The zero-order valence-corrected chi connectivity index (χ0v) is 8.29. The van der Waals surface area contributed by atoms with Crippen LogP contribution in [-0.4, -0.2) is 19.2 Å². The molecule has 0 radical (unpaired) electrons. The maximum absolute atomic E-state index is 5.49. The van der Waals surface area contributed by atoms with Gasteiger partial charge in [0.1, 0.15) is 12.4 Å². The molecule has 72 valence electrons. The smallest absolute Gasteiger partial charge is 0.119 e. The van der Waals surface area contributed by atoms with Crippen LogP contribution in [0.3, 0.4) is 0 Å². The zero-order valence-electron chi connectivity index (χ0n) is 8.29. The molecular formula is C11H17NO. The summed E-state index contributed by atoms with van der Waals surface area (Å²) in [5, 5.41) is 3.29. The summed E-state index contributed by atoms with van der Waals surface area (Å²) in [5.41, 5.74) is 0. The van der Waals surface area contributed by atoms with Gasteiger partial charge in [-0.2, -0.15) is 0 Å². The van der Waals surface area contributed by atoms with Gasteiger partial charge in [-0.05, 0) is 12.1 Å². The van der Waals surface area contributed by atoms with Crippen LogP contribution >= 0.6 is 0 Å². The van der Waals surface area contributed by atoms with Crippen molar-refractivity contribution in [1.82, 2.24) is 5.32 Å². The molecule has 0 unspecified atom stereocenters. The molecule has 0 saturated heterocycles. The van der Waals surface area contributed by atoms with Gasteiger partial charge in [-0.25, -0.2) is 0 Å². The summed E-state index contributed by atoms with van der Waals surface area (Å²) in [4.78, 5) is 0. The molecular weight excluding hydrogens is 162 g/mol. The standard InChI is InChI=1S/C11H17NO/c1-10(2)12-8-9-13-11-6-4-3-5-7-11/h3-7,10,12H,8-9H2,1-2H3. The normalized spacial score (nSPS) is 10.4. The minimum absolute atomic E-state index is 0.527. The Morgan fingerprint density at radius 3 is 2.54 bits per heavy atom. The Morgan fingerprint density at radius 2 is 1.92 bits per heavy atom. The highest BCUT2D eigenvalue weighted by Crippen LogP contribution is 2.07. The van der Waals surface area contributed by atoms with Crippen LogP contribution in [0.1, 0.15) is 13.8 Å². The van der Waals surface area contributed by atoms with Crippen LogP contribution in [0.5, 0.6) is 5.75 Å². The van der Waals surface area contributed by atoms with Crippen molar-refractivity contribution in [2.24, 2.45) is 0 Å². The van der Waals surface area contributed by atoms with Crippen molar-refractivity contribution in [2.75, 3.05) is 13.2 Å². The van der Waals surface area contributed by atoms with Gasteiger partial charge in [0.2, 0.25) is 0 Å². The fourth-order valence-electron chi connectivity index (χ4n) is 1.03. The Kier molecular flexibility index (Phi) is 4.33. The van der Waals surface area contributed by atoms with Gasteiger partial charge in [-0.3, -0.25) is 0 Å². The summed E-state index contributed by atoms with van der Waals surface area (Å²) in [6, 6.07) is 10.4. The van der Waals surface area contributed by atoms with E-state index < -0.39 is 0 Å². The van der Waals surface area contributed by atoms with E-state index in [9.17, 15) is 0 Å². The van der Waals surface area contributed by atoms with Crippen molar-refractivity contribution in [1.29, 1.82) is 0 Å². The predicted molar refractivity (Wildman–Crippen MR) is 55.1 cm³/mol. The molecule has 0 amide bonds. The second kappa shape index (κ2) is 5.60. The molecule has 0 fully saturated rings. The van der Waals surface area contributed by atoms with E-state index in [1.807, 2.05) is 30.3 Å². The van der Waals surface area contributed by atoms with Crippen LogP contribution in [0.4, 0.5) is 0 Å². The summed E-state index contributed by atoms with van der Waals surface area (Å²) in [6.45, 7) is 5.87. The van der Waals surface area contributed by atoms with Gasteiger partial charge in [-0.15, -0.1) is 0 Å². The number of para-hydroxylation sites is 1. The fourth-order valence-corrected chi connectivity index (χ4v) is 1.03. The molecule has 0 aliphatic carbocycles. The number of rotatable bonds is 5. The van der Waals surface area contributed by atoms with Crippen molar-refractivity contribution >= 4 is 0 Å². The molecule has 0 aliphatic rings. The van der Waals surface area contributed by atoms with E-state index >= 15 is 0 Å². The van der Waals surface area contributed by atoms with E-state index in [4.69, 9.17) is 4.74 Å². The highest BCUT2D eigenvalue weighted by molar-refractivity contribution is 5.20. The molecule has 1 N–H and O–H groups in total. The lowest BCUT2D eigenvalue weighted by Crippen LogP contribution is -2.27. The summed E-state index contributed by atoms with van der Waals surface area (Å²) < 4.78 is 5.49. The second-order valence-electron chi connectivity index (χ2n) is 3.27. The van der Waals surface area contributed by atoms with Crippen molar-refractivity contribution in [3.05, 3.63) is 30.3 Å². The summed E-state index contributed by atoms with van der Waals surface area (Å²) in [5.74, 6) is 0.938. The van der Waals surface area contributed by atoms with E-state index in [2.05, 4.69) is 19.2 Å². The third kappa shape index (κ3) is 4.53. The maximum Gasteiger partial charge on any atom is 0.119 e. The van der Waals surface area contributed by atoms with E-state index in [1.165, 1.54) is 0 Å². The quantitative estimate of drug-likeness (QED) is 0.699. The van der Waals surface area contributed by atoms with E-state index in [0.29, 0.717) is 6.04 Å². The summed E-state index contributed by atoms with van der Waals surface area (Å²) in [6.07, 6.45) is 0. The van der Waals surface area contributed by atoms with Crippen LogP contribution < -0.4 is 10.1 Å². The molecule has 0 spiro atoms. The van der Waals surface area contributed by atoms with Gasteiger partial charge in [0.25, 0.3) is 0 Å². The van der Waals surface area contributed by atoms with Crippen LogP contribution in [-0.2, 0) is 0 Å². The molecule has 13 heavy (non-hydrogen) atoms. The molecule has 0 bridgehead atoms. The average Bonchev–Trinajstić information content (AvgIpc) is 2.14. The zero-order chi connectivity index (χ0) is 9.52. The molecule has 0 saturated carbocycles. The molecule has 0 atom stereocenters. The van der Waals surface area contributed by atoms with Crippen molar-refractivity contribution in [3.8, 4) is 5.75 Å². The van der Waals surface area contributed by atoms with Crippen LogP contribution in [0, 0.1) is 0 Å². The fraction of sp³-hybridized carbons (Fsp3) is 0.455. The summed E-state index contributed by atoms with van der Waals surface area (Å²) >= 11 is 0. The molecule has 2 heteroatoms. The van der Waals surface area contributed by atoms with E-state index in [-0.39, 0.29) is 0 Å². The Morgan fingerprint density at radius 1 is 1.23 bits per heavy atom. The van der Waals surface area contributed by atoms with Crippen molar-refractivity contribution in [3.63, 3.8) is 0 Å². The third-order valence-corrected chi connectivity index (χ3v) is 1.67. The topological polar surface area (TPSA) is 21.3 Å². The van der Waals surface area contributed by atoms with Gasteiger partial charge >= 0.3 is 0 Å². The first-order chi connectivity index (χ1) is 6.29. The Bertz CT molecular complexity index is 221. The van der Waals surface area contributed by atoms with Crippen LogP contribution in [0.2, 0.25) is 0 Å². The number of benzene rings is 1. The SMILES string of the molecule is CC(C)NCCOc1ccccc1. The molecule has 0 aliphatic heterocycles. The Hall–Kier alpha value is -1.02. The maximum atomic E-state index is 5.49. The number of hydrogen-bond donors (Lipinski definition) is 1. The van der Waals surface area contributed by atoms with E-state index in [0.717, 1.165) is 18.9 Å². The highest BCUT2D eigenvalue weighted by Gasteiger charge is 1.92. The largest absolute Gasteiger partial charge is 0.492 e. The molecule has 2 nitrogen and oxygen atoms in total. The second-order valence-corrected chi connectivity index (χ2v) is 3.27. The first kappa shape index (κ1) is 10.1. The molecule has 1 rings (SSSR count). The van der Waals surface area contributed by atoms with Crippen LogP contribution in [0.25, 0.3) is 0 Å². The van der Waals surface area contributed by atoms with E-state index in [1.54, 1.807) is 0 Å². The lowest BCUT2D eigenvalue weighted by molar-refractivity contribution is 0.309.